The zero-order valence-electron chi connectivity index (χ0n) is 15.0. The minimum Gasteiger partial charge on any atom is -0.480 e. The Kier molecular flexibility index (Phi) is 7.37. The predicted molar refractivity (Wildman–Crippen MR) is 99.8 cm³/mol. The monoisotopic (exact) mass is 370 g/mol. The Bertz CT molecular complexity index is 775. The largest absolute Gasteiger partial charge is 0.480 e. The Balaban J connectivity index is 1.85. The molecule has 0 saturated carbocycles. The van der Waals surface area contributed by atoms with Crippen molar-refractivity contribution in [1.82, 2.24) is 10.6 Å². The molecule has 7 heteroatoms. The van der Waals surface area contributed by atoms with Crippen LogP contribution < -0.4 is 15.4 Å². The third-order valence-electron chi connectivity index (χ3n) is 3.72. The van der Waals surface area contributed by atoms with E-state index >= 15 is 0 Å². The van der Waals surface area contributed by atoms with Gasteiger partial charge in [0.25, 0.3) is 5.91 Å². The van der Waals surface area contributed by atoms with E-state index in [0.29, 0.717) is 29.9 Å². The number of hydrogen-bond acceptors (Lipinski definition) is 4. The molecule has 3 N–H and O–H groups in total. The highest BCUT2D eigenvalue weighted by atomic mass is 16.5. The lowest BCUT2D eigenvalue weighted by Crippen LogP contribution is -2.45. The highest BCUT2D eigenvalue weighted by Gasteiger charge is 2.19. The van der Waals surface area contributed by atoms with Crippen LogP contribution in [0.2, 0.25) is 0 Å². The van der Waals surface area contributed by atoms with Crippen LogP contribution >= 0.6 is 0 Å². The Morgan fingerprint density at radius 1 is 1.00 bits per heavy atom. The van der Waals surface area contributed by atoms with E-state index in [2.05, 4.69) is 10.6 Å². The Hall–Kier alpha value is -3.35. The highest BCUT2D eigenvalue weighted by molar-refractivity contribution is 5.97. The molecule has 0 aliphatic carbocycles. The van der Waals surface area contributed by atoms with Crippen molar-refractivity contribution in [3.8, 4) is 11.5 Å². The summed E-state index contributed by atoms with van der Waals surface area (Å²) in [5.41, 5.74) is 0.367. The van der Waals surface area contributed by atoms with Crippen molar-refractivity contribution in [3.63, 3.8) is 0 Å². The molecule has 0 spiro atoms. The van der Waals surface area contributed by atoms with Gasteiger partial charge in [0, 0.05) is 5.56 Å². The number of amides is 2. The van der Waals surface area contributed by atoms with Crippen molar-refractivity contribution in [3.05, 3.63) is 60.2 Å². The minimum absolute atomic E-state index is 0.297. The molecule has 0 radical (unpaired) electrons. The fourth-order valence-corrected chi connectivity index (χ4v) is 2.35. The molecular formula is C20H22N2O5. The van der Waals surface area contributed by atoms with Gasteiger partial charge in [-0.15, -0.1) is 0 Å². The molecule has 2 aromatic rings. The number of aliphatic carboxylic acids is 1. The van der Waals surface area contributed by atoms with Gasteiger partial charge in [-0.25, -0.2) is 4.79 Å². The van der Waals surface area contributed by atoms with Crippen LogP contribution in [-0.4, -0.2) is 35.5 Å². The van der Waals surface area contributed by atoms with Crippen LogP contribution in [0.15, 0.2) is 54.6 Å². The van der Waals surface area contributed by atoms with Crippen LogP contribution in [0.3, 0.4) is 0 Å². The van der Waals surface area contributed by atoms with Gasteiger partial charge < -0.3 is 20.5 Å². The van der Waals surface area contributed by atoms with E-state index in [1.165, 1.54) is 0 Å². The van der Waals surface area contributed by atoms with Gasteiger partial charge in [0.15, 0.2) is 0 Å². The van der Waals surface area contributed by atoms with Crippen molar-refractivity contribution < 1.29 is 24.2 Å². The van der Waals surface area contributed by atoms with Crippen LogP contribution in [0.1, 0.15) is 30.1 Å². The summed E-state index contributed by atoms with van der Waals surface area (Å²) in [5.74, 6) is -0.802. The maximum Gasteiger partial charge on any atom is 0.326 e. The summed E-state index contributed by atoms with van der Waals surface area (Å²) < 4.78 is 5.65. The smallest absolute Gasteiger partial charge is 0.326 e. The first-order chi connectivity index (χ1) is 13.0. The van der Waals surface area contributed by atoms with Gasteiger partial charge >= 0.3 is 5.97 Å². The van der Waals surface area contributed by atoms with Gasteiger partial charge in [-0.2, -0.15) is 0 Å². The molecule has 0 aromatic heterocycles. The molecule has 27 heavy (non-hydrogen) atoms. The first-order valence-corrected chi connectivity index (χ1v) is 8.63. The van der Waals surface area contributed by atoms with Crippen molar-refractivity contribution in [2.75, 3.05) is 6.54 Å². The minimum atomic E-state index is -1.09. The van der Waals surface area contributed by atoms with Crippen molar-refractivity contribution in [1.29, 1.82) is 0 Å². The van der Waals surface area contributed by atoms with Gasteiger partial charge in [-0.1, -0.05) is 31.5 Å². The average molecular weight is 370 g/mol. The Morgan fingerprint density at radius 3 is 2.22 bits per heavy atom. The molecule has 1 unspecified atom stereocenters. The van der Waals surface area contributed by atoms with E-state index in [4.69, 9.17) is 9.84 Å². The number of carboxylic acids is 1. The second kappa shape index (κ2) is 9.96. The van der Waals surface area contributed by atoms with E-state index in [0.717, 1.165) is 0 Å². The number of rotatable bonds is 9. The predicted octanol–water partition coefficient (Wildman–Crippen LogP) is 2.58. The molecule has 0 saturated heterocycles. The summed E-state index contributed by atoms with van der Waals surface area (Å²) in [6, 6.07) is 14.8. The lowest BCUT2D eigenvalue weighted by molar-refractivity contribution is -0.141. The number of benzene rings is 2. The second-order valence-electron chi connectivity index (χ2n) is 5.87. The standard InChI is InChI=1S/C20H22N2O5/c1-2-6-17(20(25)26)22-18(23)13-21-19(24)14-9-11-16(12-10-14)27-15-7-4-3-5-8-15/h3-5,7-12,17H,2,6,13H2,1H3,(H,21,24)(H,22,23)(H,25,26). The number of carbonyl (C=O) groups excluding carboxylic acids is 2. The molecule has 0 aliphatic heterocycles. The molecular weight excluding hydrogens is 348 g/mol. The second-order valence-corrected chi connectivity index (χ2v) is 5.87. The van der Waals surface area contributed by atoms with Gasteiger partial charge in [-0.05, 0) is 42.8 Å². The quantitative estimate of drug-likeness (QED) is 0.629. The van der Waals surface area contributed by atoms with E-state index < -0.39 is 23.8 Å². The highest BCUT2D eigenvalue weighted by Crippen LogP contribution is 2.21. The molecule has 0 bridgehead atoms. The van der Waals surface area contributed by atoms with E-state index in [9.17, 15) is 14.4 Å². The lowest BCUT2D eigenvalue weighted by Gasteiger charge is -2.14. The number of hydrogen-bond donors (Lipinski definition) is 3. The Labute approximate surface area is 157 Å². The summed E-state index contributed by atoms with van der Waals surface area (Å²) in [5, 5.41) is 13.9. The number of carbonyl (C=O) groups is 3. The zero-order chi connectivity index (χ0) is 19.6. The van der Waals surface area contributed by atoms with Gasteiger partial charge in [-0.3, -0.25) is 9.59 Å². The lowest BCUT2D eigenvalue weighted by atomic mass is 10.1. The maximum atomic E-state index is 12.1. The molecule has 2 aromatic carbocycles. The fourth-order valence-electron chi connectivity index (χ4n) is 2.35. The SMILES string of the molecule is CCCC(NC(=O)CNC(=O)c1ccc(Oc2ccccc2)cc1)C(=O)O. The summed E-state index contributed by atoms with van der Waals surface area (Å²) in [7, 11) is 0. The number of ether oxygens (including phenoxy) is 1. The number of para-hydroxylation sites is 1. The number of carboxylic acid groups (broad SMARTS) is 1. The van der Waals surface area contributed by atoms with Crippen LogP contribution in [0.4, 0.5) is 0 Å². The molecule has 1 atom stereocenters. The summed E-state index contributed by atoms with van der Waals surface area (Å²) in [6.45, 7) is 1.53. The normalized spacial score (nSPS) is 11.3. The molecule has 2 amide bonds. The Morgan fingerprint density at radius 2 is 1.63 bits per heavy atom. The molecule has 0 heterocycles. The van der Waals surface area contributed by atoms with Crippen molar-refractivity contribution >= 4 is 17.8 Å². The van der Waals surface area contributed by atoms with E-state index in [1.54, 1.807) is 24.3 Å². The molecule has 142 valence electrons. The fraction of sp³-hybridized carbons (Fsp3) is 0.250. The van der Waals surface area contributed by atoms with Crippen LogP contribution in [0.25, 0.3) is 0 Å². The molecule has 2 rings (SSSR count). The van der Waals surface area contributed by atoms with Crippen LogP contribution in [-0.2, 0) is 9.59 Å². The molecule has 7 nitrogen and oxygen atoms in total. The van der Waals surface area contributed by atoms with Crippen molar-refractivity contribution in [2.45, 2.75) is 25.8 Å². The maximum absolute atomic E-state index is 12.1. The van der Waals surface area contributed by atoms with Crippen LogP contribution in [0, 0.1) is 0 Å². The summed E-state index contributed by atoms with van der Waals surface area (Å²) in [4.78, 5) is 35.0. The van der Waals surface area contributed by atoms with Crippen LogP contribution in [0.5, 0.6) is 11.5 Å². The first-order valence-electron chi connectivity index (χ1n) is 8.63. The number of nitrogens with one attached hydrogen (secondary N) is 2. The van der Waals surface area contributed by atoms with Gasteiger partial charge in [0.2, 0.25) is 5.91 Å². The zero-order valence-corrected chi connectivity index (χ0v) is 15.0. The van der Waals surface area contributed by atoms with E-state index in [1.807, 2.05) is 37.3 Å². The third kappa shape index (κ3) is 6.47. The van der Waals surface area contributed by atoms with Gasteiger partial charge in [0.05, 0.1) is 6.54 Å². The van der Waals surface area contributed by atoms with Crippen molar-refractivity contribution in [2.24, 2.45) is 0 Å². The molecule has 0 fully saturated rings. The first kappa shape index (κ1) is 20.0. The molecule has 0 aliphatic rings. The van der Waals surface area contributed by atoms with E-state index in [-0.39, 0.29) is 6.54 Å². The summed E-state index contributed by atoms with van der Waals surface area (Å²) in [6.07, 6.45) is 0.957. The topological polar surface area (TPSA) is 105 Å². The summed E-state index contributed by atoms with van der Waals surface area (Å²) >= 11 is 0. The van der Waals surface area contributed by atoms with Gasteiger partial charge in [0.1, 0.15) is 17.5 Å². The third-order valence-corrected chi connectivity index (χ3v) is 3.72. The average Bonchev–Trinajstić information content (AvgIpc) is 2.67.